The molecule has 42 heavy (non-hydrogen) atoms. The largest absolute Gasteiger partial charge is 1.00 e. The van der Waals surface area contributed by atoms with Gasteiger partial charge in [-0.2, -0.15) is 0 Å². The molecule has 1 atom stereocenters. The molecule has 0 bridgehead atoms. The fraction of sp³-hybridized carbons (Fsp3) is 0.462. The van der Waals surface area contributed by atoms with Crippen LogP contribution in [0.1, 0.15) is 38.3 Å². The third-order valence-corrected chi connectivity index (χ3v) is 20.6. The summed E-state index contributed by atoms with van der Waals surface area (Å²) in [5.74, 6) is -1.08. The van der Waals surface area contributed by atoms with Crippen LogP contribution in [0.2, 0.25) is 65.0 Å². The van der Waals surface area contributed by atoms with Crippen molar-refractivity contribution in [2.45, 2.75) is 76.3 Å². The molecule has 0 radical (unpaired) electrons. The summed E-state index contributed by atoms with van der Waals surface area (Å²) >= 11 is 0. The van der Waals surface area contributed by atoms with E-state index in [-0.39, 0.29) is 57.5 Å². The van der Waals surface area contributed by atoms with E-state index in [2.05, 4.69) is 44.6 Å². The van der Waals surface area contributed by atoms with Gasteiger partial charge in [-0.15, -0.1) is 0 Å². The second-order valence-corrected chi connectivity index (χ2v) is 30.7. The minimum Gasteiger partial charge on any atom is -0.744 e. The average molecular weight is 677 g/mol. The predicted octanol–water partition coefficient (Wildman–Crippen LogP) is 2.25. The maximum atomic E-state index is 13.5. The molecule has 0 saturated carbocycles. The van der Waals surface area contributed by atoms with Crippen molar-refractivity contribution >= 4 is 66.8 Å². The molecular weight excluding hydrogens is 636 g/mol. The van der Waals surface area contributed by atoms with E-state index >= 15 is 0 Å². The summed E-state index contributed by atoms with van der Waals surface area (Å²) in [4.78, 5) is 26.1. The molecule has 3 N–H and O–H groups in total. The number of carbonyl (C=O) groups is 2. The Bertz CT molecular complexity index is 1480. The molecule has 0 amide bonds. The van der Waals surface area contributed by atoms with Gasteiger partial charge >= 0.3 is 46.7 Å². The molecule has 1 aliphatic carbocycles. The number of fused-ring (bicyclic) bond motifs is 2. The maximum absolute atomic E-state index is 13.5. The zero-order valence-corrected chi connectivity index (χ0v) is 33.1. The third-order valence-electron chi connectivity index (χ3n) is 6.13. The van der Waals surface area contributed by atoms with Crippen LogP contribution in [0.15, 0.2) is 35.2 Å². The van der Waals surface area contributed by atoms with Crippen molar-refractivity contribution in [2.24, 2.45) is 0 Å². The zero-order chi connectivity index (χ0) is 31.2. The van der Waals surface area contributed by atoms with Gasteiger partial charge in [-0.05, 0) is 77.5 Å². The Morgan fingerprint density at radius 1 is 0.833 bits per heavy atom. The molecule has 1 unspecified atom stereocenters. The van der Waals surface area contributed by atoms with Crippen molar-refractivity contribution in [1.29, 1.82) is 0 Å². The van der Waals surface area contributed by atoms with Crippen LogP contribution in [-0.4, -0.2) is 64.8 Å². The van der Waals surface area contributed by atoms with E-state index in [1.807, 2.05) is 19.6 Å². The van der Waals surface area contributed by atoms with Crippen LogP contribution < -0.4 is 40.6 Å². The Morgan fingerprint density at radius 2 is 1.33 bits per heavy atom. The van der Waals surface area contributed by atoms with Crippen molar-refractivity contribution in [1.82, 2.24) is 0 Å². The topological polar surface area (TPSA) is 157 Å². The van der Waals surface area contributed by atoms with Gasteiger partial charge in [0.1, 0.15) is 10.1 Å². The first-order valence-corrected chi connectivity index (χ1v) is 27.1. The Morgan fingerprint density at radius 3 is 1.81 bits per heavy atom. The number of nitrogen functional groups attached to an aromatic ring is 1. The molecule has 0 aliphatic heterocycles. The SMILES string of the molecule is C[Si](C)(C)O[Si](C)(C)O[Si](C)(CCCNc1cc(S(=O)(=O)[O-])c(N)c2c1C(=O)c1ccccc1C2=O)O[Si](C)(C)C.[Na+]. The molecule has 0 saturated heterocycles. The van der Waals surface area contributed by atoms with Gasteiger partial charge in [-0.3, -0.25) is 9.59 Å². The number of nitrogens with one attached hydrogen (secondary N) is 1. The van der Waals surface area contributed by atoms with Gasteiger partial charge in [-0.1, -0.05) is 24.3 Å². The molecule has 3 rings (SSSR count). The summed E-state index contributed by atoms with van der Waals surface area (Å²) in [7, 11) is -14.1. The quantitative estimate of drug-likeness (QED) is 0.126. The smallest absolute Gasteiger partial charge is 0.744 e. The number of nitrogens with two attached hydrogens (primary N) is 1. The summed E-state index contributed by atoms with van der Waals surface area (Å²) in [6.45, 7) is 19.1. The summed E-state index contributed by atoms with van der Waals surface area (Å²) in [6, 6.07) is 7.91. The molecule has 0 spiro atoms. The number of hydrogen-bond donors (Lipinski definition) is 2. The number of hydrogen-bond acceptors (Lipinski definition) is 10. The average Bonchev–Trinajstić information content (AvgIpc) is 2.76. The molecule has 0 aromatic heterocycles. The second-order valence-electron chi connectivity index (χ2n) is 12.8. The minimum absolute atomic E-state index is 0. The van der Waals surface area contributed by atoms with E-state index in [1.54, 1.807) is 12.1 Å². The standard InChI is InChI=1S/C26H42N2O8SSi4.Na/c1-38(2,3)34-40(7,8)36-41(9,35-39(4,5)6)16-12-15-28-20-17-21(37(31,32)33)24(27)23-22(20)25(29)18-13-10-11-14-19(18)26(23)30;/h10-11,13-14,17,28H,12,15-16,27H2,1-9H3,(H,31,32,33);/q;+1/p-1. The van der Waals surface area contributed by atoms with E-state index in [1.165, 1.54) is 12.1 Å². The molecule has 0 fully saturated rings. The van der Waals surface area contributed by atoms with Gasteiger partial charge in [0.25, 0.3) is 0 Å². The van der Waals surface area contributed by atoms with Gasteiger partial charge in [-0.25, -0.2) is 8.42 Å². The Hall–Kier alpha value is -0.962. The van der Waals surface area contributed by atoms with Crippen LogP contribution >= 0.6 is 0 Å². The van der Waals surface area contributed by atoms with Crippen LogP contribution in [0, 0.1) is 0 Å². The maximum Gasteiger partial charge on any atom is 1.00 e. The molecule has 10 nitrogen and oxygen atoms in total. The monoisotopic (exact) mass is 676 g/mol. The Labute approximate surface area is 275 Å². The summed E-state index contributed by atoms with van der Waals surface area (Å²) < 4.78 is 56.0. The fourth-order valence-electron chi connectivity index (χ4n) is 5.32. The third kappa shape index (κ3) is 9.27. The van der Waals surface area contributed by atoms with Crippen molar-refractivity contribution in [3.05, 3.63) is 52.6 Å². The molecule has 2 aromatic carbocycles. The number of ketones is 2. The fourth-order valence-corrected chi connectivity index (χ4v) is 23.9. The van der Waals surface area contributed by atoms with Crippen LogP contribution in [0.3, 0.4) is 0 Å². The number of benzene rings is 2. The number of rotatable bonds is 12. The predicted molar refractivity (Wildman–Crippen MR) is 169 cm³/mol. The van der Waals surface area contributed by atoms with E-state index in [4.69, 9.17) is 18.1 Å². The van der Waals surface area contributed by atoms with Crippen molar-refractivity contribution in [3.63, 3.8) is 0 Å². The second kappa shape index (κ2) is 13.2. The molecule has 1 aliphatic rings. The summed E-state index contributed by atoms with van der Waals surface area (Å²) in [6.07, 6.45) is 0.558. The van der Waals surface area contributed by atoms with E-state index < -0.39 is 66.0 Å². The van der Waals surface area contributed by atoms with Gasteiger partial charge in [0.15, 0.2) is 28.2 Å². The van der Waals surface area contributed by atoms with Gasteiger partial charge in [0.05, 0.1) is 21.7 Å². The molecule has 16 heteroatoms. The van der Waals surface area contributed by atoms with Gasteiger partial charge in [0, 0.05) is 23.4 Å². The first-order chi connectivity index (χ1) is 18.5. The zero-order valence-electron chi connectivity index (χ0n) is 26.3. The number of anilines is 2. The number of carbonyl (C=O) groups excluding carboxylic acids is 2. The first-order valence-electron chi connectivity index (χ1n) is 13.5. The Balaban J connectivity index is 0.00000616. The van der Waals surface area contributed by atoms with Gasteiger partial charge < -0.3 is 27.9 Å². The van der Waals surface area contributed by atoms with Crippen LogP contribution in [0.25, 0.3) is 0 Å². The normalized spacial score (nSPS) is 15.4. The molecular formula is C26H41N2NaO8SSi4. The summed E-state index contributed by atoms with van der Waals surface area (Å²) in [5.41, 5.74) is 5.59. The molecule has 226 valence electrons. The van der Waals surface area contributed by atoms with Crippen molar-refractivity contribution in [3.8, 4) is 0 Å². The van der Waals surface area contributed by atoms with Crippen LogP contribution in [0.4, 0.5) is 11.4 Å². The van der Waals surface area contributed by atoms with Crippen molar-refractivity contribution in [2.75, 3.05) is 17.6 Å². The molecule has 0 heterocycles. The molecule has 2 aromatic rings. The summed E-state index contributed by atoms with van der Waals surface area (Å²) in [5, 5.41) is 3.11. The Kier molecular flexibility index (Phi) is 11.7. The van der Waals surface area contributed by atoms with E-state index in [0.717, 1.165) is 6.07 Å². The van der Waals surface area contributed by atoms with E-state index in [0.29, 0.717) is 19.0 Å². The van der Waals surface area contributed by atoms with E-state index in [9.17, 15) is 22.6 Å². The van der Waals surface area contributed by atoms with Crippen molar-refractivity contribution < 1.29 is 64.5 Å². The van der Waals surface area contributed by atoms with Crippen LogP contribution in [-0.2, 0) is 22.5 Å². The minimum atomic E-state index is -5.03. The van der Waals surface area contributed by atoms with Crippen LogP contribution in [0.5, 0.6) is 0 Å². The first kappa shape index (κ1) is 37.2. The van der Waals surface area contributed by atoms with Gasteiger partial charge in [0.2, 0.25) is 0 Å².